The summed E-state index contributed by atoms with van der Waals surface area (Å²) in [7, 11) is 0. The molecule has 3 amide bonds. The normalized spacial score (nSPS) is 10.6. The van der Waals surface area contributed by atoms with Crippen molar-refractivity contribution in [1.29, 1.82) is 0 Å². The molecule has 3 rings (SSSR count). The zero-order chi connectivity index (χ0) is 20.8. The summed E-state index contributed by atoms with van der Waals surface area (Å²) in [5.41, 5.74) is 0.903. The Kier molecular flexibility index (Phi) is 6.13. The third kappa shape index (κ3) is 5.58. The van der Waals surface area contributed by atoms with Crippen LogP contribution in [-0.2, 0) is 6.54 Å². The van der Waals surface area contributed by atoms with Gasteiger partial charge in [-0.3, -0.25) is 9.59 Å². The Hall–Kier alpha value is -3.81. The summed E-state index contributed by atoms with van der Waals surface area (Å²) in [5, 5.41) is 8.16. The molecule has 150 valence electrons. The molecule has 0 spiro atoms. The number of carbonyl (C=O) groups is 2. The van der Waals surface area contributed by atoms with Crippen molar-refractivity contribution >= 4 is 23.3 Å². The number of nitrogens with one attached hydrogen (secondary N) is 3. The number of hydrogen-bond donors (Lipinski definition) is 3. The highest BCUT2D eigenvalue weighted by molar-refractivity contribution is 6.02. The van der Waals surface area contributed by atoms with Gasteiger partial charge < -0.3 is 24.9 Å². The molecule has 0 unspecified atom stereocenters. The van der Waals surface area contributed by atoms with Crippen LogP contribution < -0.4 is 21.5 Å². The maximum atomic E-state index is 12.5. The van der Waals surface area contributed by atoms with Crippen molar-refractivity contribution < 1.29 is 14.0 Å². The van der Waals surface area contributed by atoms with Crippen LogP contribution in [0.3, 0.4) is 0 Å². The molecule has 0 radical (unpaired) electrons. The number of rotatable bonds is 6. The van der Waals surface area contributed by atoms with Crippen molar-refractivity contribution in [3.63, 3.8) is 0 Å². The number of amides is 3. The standard InChI is InChI=1S/C21H22N4O4/c1-14(2)22-21(28)24-16-7-5-6-15(12-16)23-20(27)18-10-9-17(29-18)13-25-11-4-3-8-19(25)26/h3-12,14H,13H2,1-2H3,(H,23,27)(H2,22,24,28). The van der Waals surface area contributed by atoms with Gasteiger partial charge >= 0.3 is 6.03 Å². The minimum absolute atomic E-state index is 0.0118. The van der Waals surface area contributed by atoms with E-state index >= 15 is 0 Å². The van der Waals surface area contributed by atoms with Crippen molar-refractivity contribution in [3.05, 3.63) is 82.7 Å². The highest BCUT2D eigenvalue weighted by Gasteiger charge is 2.13. The SMILES string of the molecule is CC(C)NC(=O)Nc1cccc(NC(=O)c2ccc(Cn3ccccc3=O)o2)c1. The van der Waals surface area contributed by atoms with Gasteiger partial charge in [0, 0.05) is 29.7 Å². The number of hydrogen-bond acceptors (Lipinski definition) is 4. The predicted octanol–water partition coefficient (Wildman–Crippen LogP) is 3.27. The summed E-state index contributed by atoms with van der Waals surface area (Å²) < 4.78 is 7.05. The van der Waals surface area contributed by atoms with Crippen molar-refractivity contribution in [1.82, 2.24) is 9.88 Å². The maximum Gasteiger partial charge on any atom is 0.319 e. The van der Waals surface area contributed by atoms with Crippen molar-refractivity contribution in [3.8, 4) is 0 Å². The van der Waals surface area contributed by atoms with Crippen molar-refractivity contribution in [2.45, 2.75) is 26.4 Å². The van der Waals surface area contributed by atoms with Crippen LogP contribution in [0.5, 0.6) is 0 Å². The molecule has 29 heavy (non-hydrogen) atoms. The van der Waals surface area contributed by atoms with Gasteiger partial charge in [0.2, 0.25) is 0 Å². The predicted molar refractivity (Wildman–Crippen MR) is 110 cm³/mol. The van der Waals surface area contributed by atoms with Crippen LogP contribution in [0.1, 0.15) is 30.2 Å². The smallest absolute Gasteiger partial charge is 0.319 e. The second-order valence-corrected chi connectivity index (χ2v) is 6.72. The van der Waals surface area contributed by atoms with Crippen molar-refractivity contribution in [2.75, 3.05) is 10.6 Å². The summed E-state index contributed by atoms with van der Waals surface area (Å²) in [6.45, 7) is 3.96. The van der Waals surface area contributed by atoms with Gasteiger partial charge in [-0.25, -0.2) is 4.79 Å². The van der Waals surface area contributed by atoms with Gasteiger partial charge in [0.05, 0.1) is 6.54 Å². The van der Waals surface area contributed by atoms with E-state index in [2.05, 4.69) is 16.0 Å². The Morgan fingerprint density at radius 2 is 1.76 bits per heavy atom. The van der Waals surface area contributed by atoms with E-state index in [1.165, 1.54) is 10.6 Å². The summed E-state index contributed by atoms with van der Waals surface area (Å²) in [6, 6.07) is 14.6. The van der Waals surface area contributed by atoms with E-state index in [0.29, 0.717) is 17.1 Å². The molecule has 1 aromatic carbocycles. The van der Waals surface area contributed by atoms with E-state index < -0.39 is 5.91 Å². The lowest BCUT2D eigenvalue weighted by atomic mass is 10.2. The maximum absolute atomic E-state index is 12.5. The molecule has 0 saturated carbocycles. The largest absolute Gasteiger partial charge is 0.454 e. The van der Waals surface area contributed by atoms with E-state index in [4.69, 9.17) is 4.42 Å². The van der Waals surface area contributed by atoms with E-state index in [1.807, 2.05) is 13.8 Å². The van der Waals surface area contributed by atoms with Crippen LogP contribution in [0.2, 0.25) is 0 Å². The molecule has 0 aliphatic carbocycles. The number of aromatic nitrogens is 1. The fourth-order valence-corrected chi connectivity index (χ4v) is 2.64. The fourth-order valence-electron chi connectivity index (χ4n) is 2.64. The van der Waals surface area contributed by atoms with E-state index in [-0.39, 0.29) is 29.9 Å². The van der Waals surface area contributed by atoms with E-state index in [9.17, 15) is 14.4 Å². The highest BCUT2D eigenvalue weighted by atomic mass is 16.4. The van der Waals surface area contributed by atoms with Crippen LogP contribution in [0.25, 0.3) is 0 Å². The summed E-state index contributed by atoms with van der Waals surface area (Å²) in [4.78, 5) is 36.0. The quantitative estimate of drug-likeness (QED) is 0.597. The van der Waals surface area contributed by atoms with Crippen LogP contribution in [-0.4, -0.2) is 22.5 Å². The first-order valence-corrected chi connectivity index (χ1v) is 9.14. The summed E-state index contributed by atoms with van der Waals surface area (Å²) in [6.07, 6.45) is 1.65. The zero-order valence-corrected chi connectivity index (χ0v) is 16.1. The number of pyridine rings is 1. The Bertz CT molecular complexity index is 1070. The molecule has 3 aromatic rings. The molecular formula is C21H22N4O4. The minimum atomic E-state index is -0.430. The number of urea groups is 1. The summed E-state index contributed by atoms with van der Waals surface area (Å²) >= 11 is 0. The molecule has 2 heterocycles. The van der Waals surface area contributed by atoms with Crippen LogP contribution in [0, 0.1) is 0 Å². The number of carbonyl (C=O) groups excluding carboxylic acids is 2. The number of furan rings is 1. The van der Waals surface area contributed by atoms with Gasteiger partial charge in [0.1, 0.15) is 5.76 Å². The zero-order valence-electron chi connectivity index (χ0n) is 16.1. The fraction of sp³-hybridized carbons (Fsp3) is 0.190. The molecule has 8 nitrogen and oxygen atoms in total. The molecule has 0 bridgehead atoms. The molecule has 0 fully saturated rings. The average molecular weight is 394 g/mol. The lowest BCUT2D eigenvalue weighted by molar-refractivity contribution is 0.0994. The average Bonchev–Trinajstić information content (AvgIpc) is 3.12. The van der Waals surface area contributed by atoms with Gasteiger partial charge in [-0.15, -0.1) is 0 Å². The molecular weight excluding hydrogens is 372 g/mol. The third-order valence-electron chi connectivity index (χ3n) is 3.91. The molecule has 2 aromatic heterocycles. The highest BCUT2D eigenvalue weighted by Crippen LogP contribution is 2.17. The lowest BCUT2D eigenvalue weighted by Crippen LogP contribution is -2.34. The third-order valence-corrected chi connectivity index (χ3v) is 3.91. The van der Waals surface area contributed by atoms with Gasteiger partial charge in [-0.1, -0.05) is 12.1 Å². The first kappa shape index (κ1) is 19.9. The Balaban J connectivity index is 1.64. The topological polar surface area (TPSA) is 105 Å². The lowest BCUT2D eigenvalue weighted by Gasteiger charge is -2.11. The number of anilines is 2. The van der Waals surface area contributed by atoms with Crippen molar-refractivity contribution in [2.24, 2.45) is 0 Å². The van der Waals surface area contributed by atoms with Crippen LogP contribution in [0.4, 0.5) is 16.2 Å². The van der Waals surface area contributed by atoms with Crippen LogP contribution >= 0.6 is 0 Å². The minimum Gasteiger partial charge on any atom is -0.454 e. The van der Waals surface area contributed by atoms with Gasteiger partial charge in [0.15, 0.2) is 5.76 Å². The second kappa shape index (κ2) is 8.92. The van der Waals surface area contributed by atoms with Gasteiger partial charge in [-0.05, 0) is 50.2 Å². The molecule has 8 heteroatoms. The second-order valence-electron chi connectivity index (χ2n) is 6.72. The van der Waals surface area contributed by atoms with E-state index in [0.717, 1.165) is 0 Å². The first-order valence-electron chi connectivity index (χ1n) is 9.14. The first-order chi connectivity index (χ1) is 13.9. The molecule has 3 N–H and O–H groups in total. The Morgan fingerprint density at radius 1 is 1.00 bits per heavy atom. The number of nitrogens with zero attached hydrogens (tertiary/aromatic N) is 1. The molecule has 0 aliphatic rings. The van der Waals surface area contributed by atoms with Gasteiger partial charge in [0.25, 0.3) is 11.5 Å². The Labute approximate surface area is 167 Å². The number of benzene rings is 1. The monoisotopic (exact) mass is 394 g/mol. The van der Waals surface area contributed by atoms with Crippen LogP contribution in [0.15, 0.2) is 70.0 Å². The molecule has 0 atom stereocenters. The molecule has 0 aliphatic heterocycles. The summed E-state index contributed by atoms with van der Waals surface area (Å²) in [5.74, 6) is 0.185. The molecule has 0 saturated heterocycles. The van der Waals surface area contributed by atoms with E-state index in [1.54, 1.807) is 54.7 Å². The Morgan fingerprint density at radius 3 is 2.48 bits per heavy atom. The van der Waals surface area contributed by atoms with Gasteiger partial charge in [-0.2, -0.15) is 0 Å².